The molecule has 0 aromatic heterocycles. The van der Waals surface area contributed by atoms with Crippen LogP contribution in [0.5, 0.6) is 5.75 Å². The first-order valence-electron chi connectivity index (χ1n) is 10.3. The second-order valence-corrected chi connectivity index (χ2v) is 7.40. The van der Waals surface area contributed by atoms with Gasteiger partial charge in [-0.15, -0.1) is 0 Å². The van der Waals surface area contributed by atoms with Crippen molar-refractivity contribution in [3.63, 3.8) is 0 Å². The van der Waals surface area contributed by atoms with Gasteiger partial charge >= 0.3 is 5.97 Å². The Hall–Kier alpha value is -3.36. The topological polar surface area (TPSA) is 61.8 Å². The molecule has 0 bridgehead atoms. The van der Waals surface area contributed by atoms with Crippen LogP contribution in [0.3, 0.4) is 0 Å². The summed E-state index contributed by atoms with van der Waals surface area (Å²) in [6, 6.07) is 17.4. The maximum absolute atomic E-state index is 12.0. The van der Waals surface area contributed by atoms with E-state index in [1.807, 2.05) is 73.7 Å². The average molecular weight is 418 g/mol. The molecule has 3 atom stereocenters. The fourth-order valence-electron chi connectivity index (χ4n) is 2.95. The third-order valence-corrected chi connectivity index (χ3v) is 4.68. The van der Waals surface area contributed by atoms with Crippen LogP contribution in [0.1, 0.15) is 30.9 Å². The summed E-state index contributed by atoms with van der Waals surface area (Å²) in [6.45, 7) is 3.47. The number of esters is 1. The lowest BCUT2D eigenvalue weighted by Crippen LogP contribution is -2.42. The molecule has 0 N–H and O–H groups in total. The van der Waals surface area contributed by atoms with Crippen molar-refractivity contribution in [1.82, 2.24) is 0 Å². The zero-order valence-electron chi connectivity index (χ0n) is 17.7. The second-order valence-electron chi connectivity index (χ2n) is 7.40. The number of rotatable bonds is 7. The van der Waals surface area contributed by atoms with Gasteiger partial charge in [-0.1, -0.05) is 47.7 Å². The summed E-state index contributed by atoms with van der Waals surface area (Å²) in [5, 5.41) is 0. The van der Waals surface area contributed by atoms with E-state index in [2.05, 4.69) is 11.8 Å². The van der Waals surface area contributed by atoms with Gasteiger partial charge < -0.3 is 19.0 Å². The zero-order chi connectivity index (χ0) is 22.1. The lowest BCUT2D eigenvalue weighted by atomic mass is 10.1. The summed E-state index contributed by atoms with van der Waals surface area (Å²) >= 11 is 0. The van der Waals surface area contributed by atoms with Crippen molar-refractivity contribution in [2.45, 2.75) is 45.0 Å². The van der Waals surface area contributed by atoms with Crippen molar-refractivity contribution in [1.29, 1.82) is 0 Å². The van der Waals surface area contributed by atoms with Gasteiger partial charge in [-0.3, -0.25) is 4.79 Å². The molecule has 0 saturated heterocycles. The standard InChI is InChI=1S/C26H26O5/c1-19-8-12-22(13-9-19)30-24-16-15-23(14-11-21-6-4-3-5-7-21)31-25(24)18-29-26(28)17-10-20(2)27/h3-9,12-13,15-16,23-25H,10,17-18H2,1-2H3/t23-,24+,25-/m1/s1. The fourth-order valence-corrected chi connectivity index (χ4v) is 2.95. The van der Waals surface area contributed by atoms with Crippen LogP contribution in [-0.2, 0) is 19.1 Å². The number of carbonyl (C=O) groups is 2. The number of ether oxygens (including phenoxy) is 3. The minimum atomic E-state index is -0.525. The molecule has 0 unspecified atom stereocenters. The van der Waals surface area contributed by atoms with Crippen LogP contribution in [0.15, 0.2) is 66.7 Å². The van der Waals surface area contributed by atoms with E-state index in [4.69, 9.17) is 14.2 Å². The molecule has 3 rings (SSSR count). The van der Waals surface area contributed by atoms with Gasteiger partial charge in [0.2, 0.25) is 0 Å². The molecule has 2 aromatic rings. The molecule has 5 nitrogen and oxygen atoms in total. The molecule has 0 aliphatic carbocycles. The summed E-state index contributed by atoms with van der Waals surface area (Å²) in [4.78, 5) is 23.1. The van der Waals surface area contributed by atoms with Gasteiger partial charge in [-0.25, -0.2) is 0 Å². The molecule has 0 amide bonds. The molecule has 160 valence electrons. The molecule has 0 radical (unpaired) electrons. The molecule has 1 aliphatic rings. The molecule has 5 heteroatoms. The number of aryl methyl sites for hydroxylation is 1. The summed E-state index contributed by atoms with van der Waals surface area (Å²) in [7, 11) is 0. The highest BCUT2D eigenvalue weighted by Gasteiger charge is 2.29. The lowest BCUT2D eigenvalue weighted by Gasteiger charge is -2.30. The van der Waals surface area contributed by atoms with Crippen LogP contribution in [0.25, 0.3) is 0 Å². The van der Waals surface area contributed by atoms with Crippen LogP contribution in [0, 0.1) is 18.8 Å². The van der Waals surface area contributed by atoms with E-state index in [0.29, 0.717) is 5.75 Å². The Labute approximate surface area is 183 Å². The van der Waals surface area contributed by atoms with Crippen molar-refractivity contribution in [3.8, 4) is 17.6 Å². The third kappa shape index (κ3) is 7.44. The number of hydrogen-bond acceptors (Lipinski definition) is 5. The van der Waals surface area contributed by atoms with Gasteiger partial charge in [0.1, 0.15) is 36.5 Å². The second kappa shape index (κ2) is 11.1. The summed E-state index contributed by atoms with van der Waals surface area (Å²) in [5.74, 6) is 6.39. The number of carbonyl (C=O) groups excluding carboxylic acids is 2. The number of Topliss-reactive ketones (excluding diaryl/α,β-unsaturated/α-hetero) is 1. The third-order valence-electron chi connectivity index (χ3n) is 4.68. The summed E-state index contributed by atoms with van der Waals surface area (Å²) in [6.07, 6.45) is 2.56. The van der Waals surface area contributed by atoms with Gasteiger partial charge in [0.15, 0.2) is 0 Å². The Balaban J connectivity index is 1.68. The fraction of sp³-hybridized carbons (Fsp3) is 0.308. The number of hydrogen-bond donors (Lipinski definition) is 0. The van der Waals surface area contributed by atoms with E-state index in [9.17, 15) is 9.59 Å². The van der Waals surface area contributed by atoms with Crippen molar-refractivity contribution < 1.29 is 23.8 Å². The largest absolute Gasteiger partial charge is 0.483 e. The van der Waals surface area contributed by atoms with Gasteiger partial charge in [0.05, 0.1) is 6.42 Å². The zero-order valence-corrected chi connectivity index (χ0v) is 17.7. The Morgan fingerprint density at radius 1 is 1.00 bits per heavy atom. The molecule has 2 aromatic carbocycles. The predicted molar refractivity (Wildman–Crippen MR) is 118 cm³/mol. The minimum absolute atomic E-state index is 0.0150. The van der Waals surface area contributed by atoms with Crippen LogP contribution in [-0.4, -0.2) is 36.7 Å². The highest BCUT2D eigenvalue weighted by Crippen LogP contribution is 2.21. The van der Waals surface area contributed by atoms with Gasteiger partial charge in [-0.05, 0) is 50.3 Å². The van der Waals surface area contributed by atoms with E-state index >= 15 is 0 Å². The van der Waals surface area contributed by atoms with Crippen molar-refractivity contribution >= 4 is 11.8 Å². The average Bonchev–Trinajstić information content (AvgIpc) is 2.78. The van der Waals surface area contributed by atoms with E-state index < -0.39 is 24.3 Å². The molecule has 0 spiro atoms. The van der Waals surface area contributed by atoms with Crippen molar-refractivity contribution in [3.05, 3.63) is 77.9 Å². The predicted octanol–water partition coefficient (Wildman–Crippen LogP) is 4.03. The molecule has 31 heavy (non-hydrogen) atoms. The maximum Gasteiger partial charge on any atom is 0.306 e. The monoisotopic (exact) mass is 418 g/mol. The Bertz CT molecular complexity index is 966. The van der Waals surface area contributed by atoms with E-state index in [-0.39, 0.29) is 25.2 Å². The molecule has 1 aliphatic heterocycles. The van der Waals surface area contributed by atoms with Crippen molar-refractivity contribution in [2.24, 2.45) is 0 Å². The molecule has 0 saturated carbocycles. The molecular formula is C26H26O5. The highest BCUT2D eigenvalue weighted by molar-refractivity contribution is 5.80. The first kappa shape index (κ1) is 22.3. The van der Waals surface area contributed by atoms with Crippen molar-refractivity contribution in [2.75, 3.05) is 6.61 Å². The van der Waals surface area contributed by atoms with Gasteiger partial charge in [0, 0.05) is 12.0 Å². The smallest absolute Gasteiger partial charge is 0.306 e. The molecule has 0 fully saturated rings. The lowest BCUT2D eigenvalue weighted by molar-refractivity contribution is -0.152. The van der Waals surface area contributed by atoms with E-state index in [1.54, 1.807) is 0 Å². The molecule has 1 heterocycles. The van der Waals surface area contributed by atoms with Gasteiger partial charge in [0.25, 0.3) is 0 Å². The number of ketones is 1. The summed E-state index contributed by atoms with van der Waals surface area (Å²) < 4.78 is 17.5. The minimum Gasteiger partial charge on any atom is -0.483 e. The summed E-state index contributed by atoms with van der Waals surface area (Å²) in [5.41, 5.74) is 2.03. The van der Waals surface area contributed by atoms with Crippen LogP contribution < -0.4 is 4.74 Å². The van der Waals surface area contributed by atoms with E-state index in [0.717, 1.165) is 11.1 Å². The van der Waals surface area contributed by atoms with Gasteiger partial charge in [-0.2, -0.15) is 0 Å². The van der Waals surface area contributed by atoms with Crippen LogP contribution >= 0.6 is 0 Å². The first-order valence-corrected chi connectivity index (χ1v) is 10.3. The first-order chi connectivity index (χ1) is 15.0. The highest BCUT2D eigenvalue weighted by atomic mass is 16.6. The molecular weight excluding hydrogens is 392 g/mol. The van der Waals surface area contributed by atoms with Crippen LogP contribution in [0.2, 0.25) is 0 Å². The quantitative estimate of drug-likeness (QED) is 0.386. The Morgan fingerprint density at radius 2 is 1.74 bits per heavy atom. The SMILES string of the molecule is CC(=O)CCC(=O)OC[C@H]1O[C@H](C#Cc2ccccc2)C=C[C@@H]1Oc1ccc(C)cc1. The Morgan fingerprint density at radius 3 is 2.45 bits per heavy atom. The Kier molecular flexibility index (Phi) is 8.03. The number of benzene rings is 2. The van der Waals surface area contributed by atoms with E-state index in [1.165, 1.54) is 6.92 Å². The normalized spacial score (nSPS) is 19.7. The maximum atomic E-state index is 12.0. The van der Waals surface area contributed by atoms with Crippen LogP contribution in [0.4, 0.5) is 0 Å².